The van der Waals surface area contributed by atoms with E-state index in [1.165, 1.54) is 6.20 Å². The second kappa shape index (κ2) is 9.52. The fourth-order valence-corrected chi connectivity index (χ4v) is 4.83. The zero-order chi connectivity index (χ0) is 22.5. The van der Waals surface area contributed by atoms with Crippen molar-refractivity contribution in [1.29, 1.82) is 10.8 Å². The van der Waals surface area contributed by atoms with E-state index in [1.807, 2.05) is 25.1 Å². The maximum Gasteiger partial charge on any atom is 0.0615 e. The Balaban J connectivity index is 2.06. The summed E-state index contributed by atoms with van der Waals surface area (Å²) < 4.78 is 0. The molecule has 5 heteroatoms. The predicted molar refractivity (Wildman–Crippen MR) is 130 cm³/mol. The van der Waals surface area contributed by atoms with Gasteiger partial charge in [0.1, 0.15) is 0 Å². The molecule has 0 spiro atoms. The number of rotatable bonds is 7. The van der Waals surface area contributed by atoms with Crippen molar-refractivity contribution in [3.05, 3.63) is 53.2 Å². The molecule has 162 valence electrons. The number of aliphatic imine (C=N–C) groups is 1. The highest BCUT2D eigenvalue weighted by molar-refractivity contribution is 6.12. The number of aryl methyl sites for hydroxylation is 1. The van der Waals surface area contributed by atoms with Crippen molar-refractivity contribution < 1.29 is 0 Å². The van der Waals surface area contributed by atoms with E-state index in [0.29, 0.717) is 17.3 Å². The molecule has 0 aromatic heterocycles. The van der Waals surface area contributed by atoms with Gasteiger partial charge in [0.2, 0.25) is 0 Å². The number of hydrogen-bond donors (Lipinski definition) is 4. The molecule has 30 heavy (non-hydrogen) atoms. The lowest BCUT2D eigenvalue weighted by molar-refractivity contribution is 0.132. The van der Waals surface area contributed by atoms with Crippen molar-refractivity contribution in [2.24, 2.45) is 16.6 Å². The van der Waals surface area contributed by atoms with Gasteiger partial charge in [0.25, 0.3) is 0 Å². The third-order valence-electron chi connectivity index (χ3n) is 5.53. The zero-order valence-corrected chi connectivity index (χ0v) is 19.3. The van der Waals surface area contributed by atoms with Gasteiger partial charge in [-0.25, -0.2) is 0 Å². The van der Waals surface area contributed by atoms with E-state index in [2.05, 4.69) is 38.0 Å². The average Bonchev–Trinajstić information content (AvgIpc) is 2.61. The minimum absolute atomic E-state index is 0.0846. The van der Waals surface area contributed by atoms with Gasteiger partial charge in [0, 0.05) is 47.4 Å². The molecule has 1 heterocycles. The van der Waals surface area contributed by atoms with Crippen molar-refractivity contribution in [2.75, 3.05) is 7.05 Å². The van der Waals surface area contributed by atoms with E-state index < -0.39 is 0 Å². The van der Waals surface area contributed by atoms with Gasteiger partial charge in [-0.1, -0.05) is 18.2 Å². The van der Waals surface area contributed by atoms with Crippen LogP contribution < -0.4 is 11.1 Å². The summed E-state index contributed by atoms with van der Waals surface area (Å²) in [4.78, 5) is 4.03. The van der Waals surface area contributed by atoms with Gasteiger partial charge in [0.15, 0.2) is 0 Å². The van der Waals surface area contributed by atoms with Gasteiger partial charge in [-0.05, 0) is 83.1 Å². The van der Waals surface area contributed by atoms with Crippen LogP contribution in [0.3, 0.4) is 0 Å². The largest absolute Gasteiger partial charge is 0.404 e. The minimum Gasteiger partial charge on any atom is -0.404 e. The van der Waals surface area contributed by atoms with E-state index in [9.17, 15) is 0 Å². The molecule has 0 aliphatic carbocycles. The molecule has 1 fully saturated rings. The van der Waals surface area contributed by atoms with Gasteiger partial charge >= 0.3 is 0 Å². The van der Waals surface area contributed by atoms with Crippen LogP contribution in [-0.2, 0) is 0 Å². The molecule has 1 saturated heterocycles. The van der Waals surface area contributed by atoms with Crippen molar-refractivity contribution >= 4 is 23.2 Å². The van der Waals surface area contributed by atoms with Crippen LogP contribution in [-0.4, -0.2) is 35.8 Å². The van der Waals surface area contributed by atoms with Crippen molar-refractivity contribution in [3.8, 4) is 0 Å². The number of piperidine rings is 1. The van der Waals surface area contributed by atoms with Gasteiger partial charge in [-0.15, -0.1) is 0 Å². The molecule has 0 atom stereocenters. The smallest absolute Gasteiger partial charge is 0.0615 e. The zero-order valence-electron chi connectivity index (χ0n) is 19.3. The van der Waals surface area contributed by atoms with E-state index in [-0.39, 0.29) is 11.1 Å². The maximum absolute atomic E-state index is 8.45. The molecule has 1 aromatic carbocycles. The number of benzene rings is 1. The lowest BCUT2D eigenvalue weighted by Gasteiger charge is -2.46. The molecule has 0 unspecified atom stereocenters. The molecule has 5 nitrogen and oxygen atoms in total. The van der Waals surface area contributed by atoms with Crippen molar-refractivity contribution in [1.82, 2.24) is 5.32 Å². The number of allylic oxidation sites excluding steroid dienone is 3. The monoisotopic (exact) mass is 407 g/mol. The highest BCUT2D eigenvalue weighted by Gasteiger charge is 2.37. The van der Waals surface area contributed by atoms with Gasteiger partial charge in [-0.3, -0.25) is 4.99 Å². The van der Waals surface area contributed by atoms with Crippen LogP contribution >= 0.6 is 0 Å². The van der Waals surface area contributed by atoms with Crippen LogP contribution in [0.1, 0.15) is 63.6 Å². The first-order valence-corrected chi connectivity index (χ1v) is 10.6. The Morgan fingerprint density at radius 1 is 1.17 bits per heavy atom. The summed E-state index contributed by atoms with van der Waals surface area (Å²) in [6.45, 7) is 10.9. The summed E-state index contributed by atoms with van der Waals surface area (Å²) >= 11 is 0. The number of nitrogens with one attached hydrogen (secondary N) is 3. The summed E-state index contributed by atoms with van der Waals surface area (Å²) in [7, 11) is 1.71. The van der Waals surface area contributed by atoms with Gasteiger partial charge in [0.05, 0.1) is 5.71 Å². The summed E-state index contributed by atoms with van der Waals surface area (Å²) in [5.41, 5.74) is 10.5. The first-order chi connectivity index (χ1) is 14.0. The lowest BCUT2D eigenvalue weighted by atomic mass is 9.74. The first-order valence-electron chi connectivity index (χ1n) is 10.6. The lowest BCUT2D eigenvalue weighted by Crippen LogP contribution is -2.57. The van der Waals surface area contributed by atoms with E-state index in [1.54, 1.807) is 25.4 Å². The molecule has 5 N–H and O–H groups in total. The molecule has 0 amide bonds. The molecule has 1 aliphatic heterocycles. The molecule has 0 radical (unpaired) electrons. The highest BCUT2D eigenvalue weighted by Crippen LogP contribution is 2.34. The minimum atomic E-state index is 0.0846. The summed E-state index contributed by atoms with van der Waals surface area (Å²) in [6, 6.07) is 5.91. The molecule has 1 aliphatic rings. The van der Waals surface area contributed by atoms with Crippen LogP contribution in [0.15, 0.2) is 41.5 Å². The topological polar surface area (TPSA) is 98.1 Å². The van der Waals surface area contributed by atoms with Gasteiger partial charge in [-0.2, -0.15) is 0 Å². The Bertz CT molecular complexity index is 871. The Kier molecular flexibility index (Phi) is 7.54. The fraction of sp³-hybridized carbons (Fsp3) is 0.480. The summed E-state index contributed by atoms with van der Waals surface area (Å²) in [5, 5.41) is 20.6. The van der Waals surface area contributed by atoms with Crippen LogP contribution in [0.2, 0.25) is 0 Å². The van der Waals surface area contributed by atoms with E-state index >= 15 is 0 Å². The molecule has 0 saturated carbocycles. The second-order valence-electron chi connectivity index (χ2n) is 9.68. The van der Waals surface area contributed by atoms with Crippen LogP contribution in [0.25, 0.3) is 5.57 Å². The standard InChI is InChI=1S/C25H37N5/c1-17-11-19(20(15-26)16-29-6)7-9-22(17)23(28)10-8-21(27)12-18-13-24(2,3)30-25(4,5)14-18/h7-11,15-16,18,27-28,30H,12-14,26H2,1-6H3/b10-8-,20-15?,27-21?,28-23?,29-16?. The molecule has 1 aromatic rings. The number of hydrogen-bond acceptors (Lipinski definition) is 5. The number of nitrogens with two attached hydrogens (primary N) is 1. The van der Waals surface area contributed by atoms with Crippen LogP contribution in [0.5, 0.6) is 0 Å². The van der Waals surface area contributed by atoms with Crippen molar-refractivity contribution in [2.45, 2.75) is 65.0 Å². The average molecular weight is 408 g/mol. The molecule has 0 bridgehead atoms. The van der Waals surface area contributed by atoms with Gasteiger partial charge < -0.3 is 21.9 Å². The maximum atomic E-state index is 8.45. The van der Waals surface area contributed by atoms with E-state index in [0.717, 1.165) is 41.5 Å². The highest BCUT2D eigenvalue weighted by atomic mass is 15.0. The fourth-order valence-electron chi connectivity index (χ4n) is 4.83. The molecule has 2 rings (SSSR count). The summed E-state index contributed by atoms with van der Waals surface area (Å²) in [6.07, 6.45) is 9.66. The van der Waals surface area contributed by atoms with E-state index in [4.69, 9.17) is 16.6 Å². The van der Waals surface area contributed by atoms with Crippen LogP contribution in [0.4, 0.5) is 0 Å². The Morgan fingerprint density at radius 2 is 1.80 bits per heavy atom. The molecular weight excluding hydrogens is 370 g/mol. The predicted octanol–water partition coefficient (Wildman–Crippen LogP) is 4.89. The third-order valence-corrected chi connectivity index (χ3v) is 5.53. The first kappa shape index (κ1) is 23.7. The Labute approximate surface area is 181 Å². The SMILES string of the molecule is CN=CC(=CN)c1ccc(C(=N)/C=C\C(=N)CC2CC(C)(C)NC(C)(C)C2)c(C)c1. The Morgan fingerprint density at radius 3 is 2.33 bits per heavy atom. The quantitative estimate of drug-likeness (QED) is 0.484. The normalized spacial score (nSPS) is 19.5. The third kappa shape index (κ3) is 6.49. The van der Waals surface area contributed by atoms with Crippen molar-refractivity contribution in [3.63, 3.8) is 0 Å². The second-order valence-corrected chi connectivity index (χ2v) is 9.68. The number of nitrogens with zero attached hydrogens (tertiary/aromatic N) is 1. The Hall–Kier alpha value is -2.53. The summed E-state index contributed by atoms with van der Waals surface area (Å²) in [5.74, 6) is 0.477. The van der Waals surface area contributed by atoms with Crippen LogP contribution in [0, 0.1) is 23.7 Å². The molecular formula is C25H37N5.